The average Bonchev–Trinajstić information content (AvgIpc) is 2.61. The van der Waals surface area contributed by atoms with E-state index in [-0.39, 0.29) is 17.5 Å². The lowest BCUT2D eigenvalue weighted by atomic mass is 9.70. The number of hydrogen-bond acceptors (Lipinski definition) is 3. The summed E-state index contributed by atoms with van der Waals surface area (Å²) in [5, 5.41) is 8.11. The minimum Gasteiger partial charge on any atom is -0.350 e. The smallest absolute Gasteiger partial charge is 0.332 e. The predicted molar refractivity (Wildman–Crippen MR) is 100 cm³/mol. The largest absolute Gasteiger partial charge is 0.350 e. The molecule has 2 amide bonds. The summed E-state index contributed by atoms with van der Waals surface area (Å²) in [4.78, 5) is 11.1. The number of nitrogens with zero attached hydrogens (tertiary/aromatic N) is 1. The van der Waals surface area contributed by atoms with Crippen molar-refractivity contribution in [1.82, 2.24) is 10.7 Å². The molecule has 130 valence electrons. The maximum atomic E-state index is 11.1. The number of hydrazone groups is 1. The quantitative estimate of drug-likeness (QED) is 0.750. The third-order valence-electron chi connectivity index (χ3n) is 4.87. The molecule has 0 spiro atoms. The molecule has 1 saturated heterocycles. The molecule has 1 heterocycles. The van der Waals surface area contributed by atoms with Gasteiger partial charge < -0.3 is 11.1 Å². The Bertz CT molecular complexity index is 756. The van der Waals surface area contributed by atoms with Gasteiger partial charge in [-0.1, -0.05) is 74.5 Å². The second-order valence-electron chi connectivity index (χ2n) is 6.93. The Morgan fingerprint density at radius 2 is 1.64 bits per heavy atom. The molecule has 25 heavy (non-hydrogen) atoms. The lowest BCUT2D eigenvalue weighted by molar-refractivity contribution is 0.247. The fourth-order valence-electron chi connectivity index (χ4n) is 3.46. The molecule has 0 bridgehead atoms. The number of urea groups is 1. The summed E-state index contributed by atoms with van der Waals surface area (Å²) in [6.07, 6.45) is 0.709. The lowest BCUT2D eigenvalue weighted by Crippen LogP contribution is -2.48. The Labute approximate surface area is 148 Å². The number of primary amides is 1. The van der Waals surface area contributed by atoms with Crippen molar-refractivity contribution in [3.63, 3.8) is 0 Å². The fraction of sp³-hybridized carbons (Fsp3) is 0.300. The number of benzene rings is 2. The summed E-state index contributed by atoms with van der Waals surface area (Å²) in [5.41, 5.74) is 10.7. The van der Waals surface area contributed by atoms with Crippen LogP contribution in [0.3, 0.4) is 0 Å². The van der Waals surface area contributed by atoms with Crippen LogP contribution in [0.15, 0.2) is 65.8 Å². The van der Waals surface area contributed by atoms with E-state index in [2.05, 4.69) is 54.0 Å². The minimum absolute atomic E-state index is 0.0704. The Hall–Kier alpha value is -2.66. The van der Waals surface area contributed by atoms with E-state index in [4.69, 9.17) is 5.73 Å². The molecule has 2 aromatic carbocycles. The van der Waals surface area contributed by atoms with Crippen molar-refractivity contribution in [3.05, 3.63) is 71.8 Å². The third kappa shape index (κ3) is 3.72. The average molecular weight is 336 g/mol. The van der Waals surface area contributed by atoms with E-state index in [0.29, 0.717) is 6.42 Å². The Morgan fingerprint density at radius 1 is 1.08 bits per heavy atom. The van der Waals surface area contributed by atoms with Crippen LogP contribution in [0.4, 0.5) is 4.79 Å². The zero-order valence-corrected chi connectivity index (χ0v) is 14.6. The van der Waals surface area contributed by atoms with Crippen LogP contribution in [0.25, 0.3) is 0 Å². The van der Waals surface area contributed by atoms with Crippen molar-refractivity contribution in [1.29, 1.82) is 0 Å². The Kier molecular flexibility index (Phi) is 4.86. The van der Waals surface area contributed by atoms with Gasteiger partial charge in [-0.05, 0) is 11.1 Å². The zero-order valence-electron chi connectivity index (χ0n) is 14.6. The molecular formula is C20H24N4O. The number of carbonyl (C=O) groups excluding carboxylic acids is 1. The highest BCUT2D eigenvalue weighted by molar-refractivity contribution is 5.92. The first-order chi connectivity index (χ1) is 12.0. The van der Waals surface area contributed by atoms with Crippen molar-refractivity contribution in [2.45, 2.75) is 32.4 Å². The van der Waals surface area contributed by atoms with Crippen LogP contribution in [-0.4, -0.2) is 11.7 Å². The van der Waals surface area contributed by atoms with Crippen LogP contribution in [0.5, 0.6) is 0 Å². The molecule has 5 nitrogen and oxygen atoms in total. The second-order valence-corrected chi connectivity index (χ2v) is 6.93. The maximum absolute atomic E-state index is 11.1. The van der Waals surface area contributed by atoms with E-state index in [1.54, 1.807) is 0 Å². The number of nitrogens with one attached hydrogen (secondary N) is 2. The first-order valence-corrected chi connectivity index (χ1v) is 8.47. The molecule has 0 aliphatic carbocycles. The van der Waals surface area contributed by atoms with Gasteiger partial charge >= 0.3 is 6.03 Å². The molecule has 3 rings (SSSR count). The lowest BCUT2D eigenvalue weighted by Gasteiger charge is -2.44. The van der Waals surface area contributed by atoms with Crippen molar-refractivity contribution < 1.29 is 4.79 Å². The molecule has 1 aliphatic rings. The van der Waals surface area contributed by atoms with Crippen LogP contribution >= 0.6 is 0 Å². The topological polar surface area (TPSA) is 79.5 Å². The molecule has 4 N–H and O–H groups in total. The van der Waals surface area contributed by atoms with E-state index in [1.165, 1.54) is 11.1 Å². The monoisotopic (exact) mass is 336 g/mol. The first kappa shape index (κ1) is 17.2. The molecule has 2 aromatic rings. The van der Waals surface area contributed by atoms with Crippen molar-refractivity contribution in [2.75, 3.05) is 0 Å². The van der Waals surface area contributed by atoms with Gasteiger partial charge in [-0.3, -0.25) is 0 Å². The van der Waals surface area contributed by atoms with Crippen molar-refractivity contribution >= 4 is 11.7 Å². The number of hydrogen-bond donors (Lipinski definition) is 3. The van der Waals surface area contributed by atoms with E-state index < -0.39 is 6.03 Å². The normalized spacial score (nSPS) is 24.0. The molecule has 1 aliphatic heterocycles. The van der Waals surface area contributed by atoms with Gasteiger partial charge in [-0.15, -0.1) is 0 Å². The molecular weight excluding hydrogens is 312 g/mol. The standard InChI is InChI=1S/C20H24N4O/c1-20(2)17(23-24-19(21)25)13-16(14-9-5-3-6-10-14)22-18(20)15-11-7-4-8-12-15/h3-12,16,18,22H,13H2,1-2H3,(H3,21,24,25). The molecule has 2 atom stereocenters. The summed E-state index contributed by atoms with van der Waals surface area (Å²) >= 11 is 0. The number of rotatable bonds is 3. The molecule has 0 saturated carbocycles. The molecule has 0 radical (unpaired) electrons. The van der Waals surface area contributed by atoms with E-state index in [9.17, 15) is 4.79 Å². The van der Waals surface area contributed by atoms with E-state index >= 15 is 0 Å². The highest BCUT2D eigenvalue weighted by atomic mass is 16.2. The van der Waals surface area contributed by atoms with Crippen LogP contribution < -0.4 is 16.5 Å². The maximum Gasteiger partial charge on any atom is 0.332 e. The van der Waals surface area contributed by atoms with Gasteiger partial charge in [0.2, 0.25) is 0 Å². The van der Waals surface area contributed by atoms with Gasteiger partial charge in [0.15, 0.2) is 0 Å². The first-order valence-electron chi connectivity index (χ1n) is 8.47. The van der Waals surface area contributed by atoms with Crippen LogP contribution in [-0.2, 0) is 0 Å². The van der Waals surface area contributed by atoms with Gasteiger partial charge in [-0.2, -0.15) is 5.10 Å². The number of amides is 2. The van der Waals surface area contributed by atoms with Crippen LogP contribution in [0, 0.1) is 5.41 Å². The number of carbonyl (C=O) groups is 1. The summed E-state index contributed by atoms with van der Waals surface area (Å²) < 4.78 is 0. The van der Waals surface area contributed by atoms with Gasteiger partial charge in [0.1, 0.15) is 0 Å². The SMILES string of the molecule is CC1(C)C(=NNC(N)=O)CC(c2ccccc2)NC1c1ccccc1. The molecule has 5 heteroatoms. The summed E-state index contributed by atoms with van der Waals surface area (Å²) in [6.45, 7) is 4.28. The Balaban J connectivity index is 2.00. The Morgan fingerprint density at radius 3 is 2.20 bits per heavy atom. The predicted octanol–water partition coefficient (Wildman–Crippen LogP) is 3.51. The molecule has 0 aromatic heterocycles. The van der Waals surface area contributed by atoms with E-state index in [0.717, 1.165) is 5.71 Å². The van der Waals surface area contributed by atoms with Gasteiger partial charge in [0, 0.05) is 29.6 Å². The number of piperidine rings is 1. The van der Waals surface area contributed by atoms with E-state index in [1.807, 2.05) is 36.4 Å². The fourth-order valence-corrected chi connectivity index (χ4v) is 3.46. The highest BCUT2D eigenvalue weighted by Gasteiger charge is 2.42. The zero-order chi connectivity index (χ0) is 17.9. The molecule has 2 unspecified atom stereocenters. The van der Waals surface area contributed by atoms with Crippen molar-refractivity contribution in [3.8, 4) is 0 Å². The highest BCUT2D eigenvalue weighted by Crippen LogP contribution is 2.43. The summed E-state index contributed by atoms with van der Waals surface area (Å²) in [5.74, 6) is 0. The minimum atomic E-state index is -0.644. The second kappa shape index (κ2) is 7.07. The van der Waals surface area contributed by atoms with Crippen LogP contribution in [0.2, 0.25) is 0 Å². The van der Waals surface area contributed by atoms with Crippen molar-refractivity contribution in [2.24, 2.45) is 16.3 Å². The van der Waals surface area contributed by atoms with Gasteiger partial charge in [-0.25, -0.2) is 10.2 Å². The third-order valence-corrected chi connectivity index (χ3v) is 4.87. The number of nitrogens with two attached hydrogens (primary N) is 1. The summed E-state index contributed by atoms with van der Waals surface area (Å²) in [7, 11) is 0. The van der Waals surface area contributed by atoms with Gasteiger partial charge in [0.25, 0.3) is 0 Å². The molecule has 1 fully saturated rings. The summed E-state index contributed by atoms with van der Waals surface area (Å²) in [6, 6.07) is 20.2. The van der Waals surface area contributed by atoms with Crippen LogP contribution in [0.1, 0.15) is 43.5 Å². The van der Waals surface area contributed by atoms with Gasteiger partial charge in [0.05, 0.1) is 0 Å².